The molecule has 0 aromatic heterocycles. The van der Waals surface area contributed by atoms with E-state index < -0.39 is 6.29 Å². The van der Waals surface area contributed by atoms with Gasteiger partial charge in [0.05, 0.1) is 0 Å². The Morgan fingerprint density at radius 1 is 1.33 bits per heavy atom. The van der Waals surface area contributed by atoms with Gasteiger partial charge in [0, 0.05) is 11.1 Å². The Kier molecular flexibility index (Phi) is 2.60. The zero-order valence-corrected chi connectivity index (χ0v) is 11.4. The Labute approximate surface area is 108 Å². The lowest BCUT2D eigenvalue weighted by atomic mass is 9.81. The van der Waals surface area contributed by atoms with E-state index in [1.165, 1.54) is 6.42 Å². The van der Waals surface area contributed by atoms with E-state index in [1.807, 2.05) is 0 Å². The first-order chi connectivity index (χ1) is 8.39. The van der Waals surface area contributed by atoms with Crippen LogP contribution >= 0.6 is 0 Å². The third-order valence-corrected chi connectivity index (χ3v) is 5.14. The molecule has 1 aliphatic heterocycles. The molecule has 0 radical (unpaired) electrons. The molecule has 3 heteroatoms. The van der Waals surface area contributed by atoms with Crippen LogP contribution in [0.5, 0.6) is 0 Å². The van der Waals surface area contributed by atoms with Gasteiger partial charge >= 0.3 is 5.97 Å². The third kappa shape index (κ3) is 1.71. The summed E-state index contributed by atoms with van der Waals surface area (Å²) in [4.78, 5) is 11.8. The number of fused-ring (bicyclic) bond motifs is 2. The first kappa shape index (κ1) is 12.2. The maximum Gasteiger partial charge on any atom is 0.336 e. The monoisotopic (exact) mass is 250 g/mol. The maximum atomic E-state index is 11.8. The summed E-state index contributed by atoms with van der Waals surface area (Å²) in [6.45, 7) is 6.87. The number of hydrogen-bond donors (Lipinski definition) is 1. The third-order valence-electron chi connectivity index (χ3n) is 5.14. The Morgan fingerprint density at radius 3 is 2.78 bits per heavy atom. The van der Waals surface area contributed by atoms with Gasteiger partial charge in [-0.25, -0.2) is 4.79 Å². The SMILES string of the molecule is C[C@H]1CCC2=C([C@@H](O)OC2=O)[C@@H]2CC(C)(C)C[C@@H]12. The summed E-state index contributed by atoms with van der Waals surface area (Å²) in [5.74, 6) is 1.28. The van der Waals surface area contributed by atoms with E-state index in [1.54, 1.807) is 0 Å². The Balaban J connectivity index is 2.03. The highest BCUT2D eigenvalue weighted by Crippen LogP contribution is 2.55. The van der Waals surface area contributed by atoms with Crippen molar-refractivity contribution in [3.05, 3.63) is 11.1 Å². The van der Waals surface area contributed by atoms with E-state index in [4.69, 9.17) is 4.74 Å². The summed E-state index contributed by atoms with van der Waals surface area (Å²) in [5.41, 5.74) is 2.00. The van der Waals surface area contributed by atoms with Crippen LogP contribution in [0.4, 0.5) is 0 Å². The molecule has 0 saturated heterocycles. The molecule has 100 valence electrons. The summed E-state index contributed by atoms with van der Waals surface area (Å²) in [6, 6.07) is 0. The van der Waals surface area contributed by atoms with Crippen LogP contribution in [0.1, 0.15) is 46.5 Å². The number of cyclic esters (lactones) is 1. The lowest BCUT2D eigenvalue weighted by molar-refractivity contribution is -0.152. The van der Waals surface area contributed by atoms with Gasteiger partial charge in [-0.1, -0.05) is 20.8 Å². The van der Waals surface area contributed by atoms with Crippen molar-refractivity contribution < 1.29 is 14.6 Å². The summed E-state index contributed by atoms with van der Waals surface area (Å²) in [7, 11) is 0. The summed E-state index contributed by atoms with van der Waals surface area (Å²) < 4.78 is 5.02. The molecule has 1 heterocycles. The largest absolute Gasteiger partial charge is 0.428 e. The number of aliphatic hydroxyl groups is 1. The molecule has 4 atom stereocenters. The van der Waals surface area contributed by atoms with E-state index in [0.717, 1.165) is 30.4 Å². The van der Waals surface area contributed by atoms with Gasteiger partial charge in [-0.3, -0.25) is 0 Å². The first-order valence-corrected chi connectivity index (χ1v) is 7.01. The molecule has 1 N–H and O–H groups in total. The van der Waals surface area contributed by atoms with Crippen LogP contribution in [-0.4, -0.2) is 17.4 Å². The minimum Gasteiger partial charge on any atom is -0.428 e. The van der Waals surface area contributed by atoms with Crippen LogP contribution in [-0.2, 0) is 9.53 Å². The van der Waals surface area contributed by atoms with Crippen LogP contribution in [0.25, 0.3) is 0 Å². The normalized spacial score (nSPS) is 42.3. The maximum absolute atomic E-state index is 11.8. The van der Waals surface area contributed by atoms with Crippen molar-refractivity contribution in [2.45, 2.75) is 52.7 Å². The molecule has 0 aromatic rings. The Morgan fingerprint density at radius 2 is 2.06 bits per heavy atom. The number of rotatable bonds is 0. The van der Waals surface area contributed by atoms with E-state index in [2.05, 4.69) is 20.8 Å². The van der Waals surface area contributed by atoms with E-state index in [9.17, 15) is 9.90 Å². The number of ether oxygens (including phenoxy) is 1. The van der Waals surface area contributed by atoms with Gasteiger partial charge in [-0.15, -0.1) is 0 Å². The molecule has 0 unspecified atom stereocenters. The van der Waals surface area contributed by atoms with Crippen molar-refractivity contribution in [3.63, 3.8) is 0 Å². The van der Waals surface area contributed by atoms with Gasteiger partial charge in [0.25, 0.3) is 0 Å². The van der Waals surface area contributed by atoms with Gasteiger partial charge in [-0.05, 0) is 48.9 Å². The summed E-state index contributed by atoms with van der Waals surface area (Å²) >= 11 is 0. The van der Waals surface area contributed by atoms with Gasteiger partial charge in [0.2, 0.25) is 6.29 Å². The molecule has 0 amide bonds. The second-order valence-corrected chi connectivity index (χ2v) is 7.05. The fraction of sp³-hybridized carbons (Fsp3) is 0.800. The second kappa shape index (κ2) is 3.83. The molecule has 0 spiro atoms. The molecule has 1 saturated carbocycles. The predicted molar refractivity (Wildman–Crippen MR) is 67.5 cm³/mol. The number of esters is 1. The zero-order chi connectivity index (χ0) is 13.1. The molecule has 0 aromatic carbocycles. The van der Waals surface area contributed by atoms with Gasteiger partial charge in [0.15, 0.2) is 0 Å². The lowest BCUT2D eigenvalue weighted by Crippen LogP contribution is -2.22. The number of carbonyl (C=O) groups excluding carboxylic acids is 1. The van der Waals surface area contributed by atoms with Crippen LogP contribution in [0.2, 0.25) is 0 Å². The van der Waals surface area contributed by atoms with Crippen LogP contribution in [0.3, 0.4) is 0 Å². The molecule has 0 bridgehead atoms. The molecular formula is C15H22O3. The molecule has 3 nitrogen and oxygen atoms in total. The lowest BCUT2D eigenvalue weighted by Gasteiger charge is -2.25. The van der Waals surface area contributed by atoms with Crippen molar-refractivity contribution in [2.24, 2.45) is 23.2 Å². The van der Waals surface area contributed by atoms with Crippen LogP contribution in [0, 0.1) is 23.2 Å². The number of hydrogen-bond acceptors (Lipinski definition) is 3. The van der Waals surface area contributed by atoms with E-state index in [0.29, 0.717) is 23.2 Å². The Hall–Kier alpha value is -0.830. The van der Waals surface area contributed by atoms with E-state index >= 15 is 0 Å². The van der Waals surface area contributed by atoms with Crippen molar-refractivity contribution >= 4 is 5.97 Å². The van der Waals surface area contributed by atoms with Crippen molar-refractivity contribution in [2.75, 3.05) is 0 Å². The second-order valence-electron chi connectivity index (χ2n) is 7.05. The minimum absolute atomic E-state index is 0.282. The van der Waals surface area contributed by atoms with E-state index in [-0.39, 0.29) is 5.97 Å². The van der Waals surface area contributed by atoms with Gasteiger partial charge in [0.1, 0.15) is 0 Å². The van der Waals surface area contributed by atoms with Crippen molar-refractivity contribution in [1.82, 2.24) is 0 Å². The minimum atomic E-state index is -0.973. The predicted octanol–water partition coefficient (Wildman–Crippen LogP) is 2.64. The molecule has 3 aliphatic rings. The highest BCUT2D eigenvalue weighted by molar-refractivity contribution is 5.92. The highest BCUT2D eigenvalue weighted by Gasteiger charge is 2.49. The first-order valence-electron chi connectivity index (χ1n) is 7.01. The smallest absolute Gasteiger partial charge is 0.336 e. The average Bonchev–Trinajstić information content (AvgIpc) is 2.67. The van der Waals surface area contributed by atoms with Crippen LogP contribution in [0.15, 0.2) is 11.1 Å². The molecular weight excluding hydrogens is 228 g/mol. The molecule has 1 fully saturated rings. The standard InChI is InChI=1S/C15H22O3/c1-8-4-5-9-12(14(17)18-13(9)16)11-7-15(2,3)6-10(8)11/h8,10-11,14,17H,4-7H2,1-3H3/t8-,10-,11+,14-/m0/s1. The molecule has 18 heavy (non-hydrogen) atoms. The van der Waals surface area contributed by atoms with Crippen molar-refractivity contribution in [1.29, 1.82) is 0 Å². The molecule has 2 aliphatic carbocycles. The summed E-state index contributed by atoms with van der Waals surface area (Å²) in [5, 5.41) is 10.0. The number of carbonyl (C=O) groups is 1. The van der Waals surface area contributed by atoms with Crippen molar-refractivity contribution in [3.8, 4) is 0 Å². The van der Waals surface area contributed by atoms with Crippen LogP contribution < -0.4 is 0 Å². The number of aliphatic hydroxyl groups excluding tert-OH is 1. The van der Waals surface area contributed by atoms with Gasteiger partial charge < -0.3 is 9.84 Å². The Bertz CT molecular complexity index is 421. The zero-order valence-electron chi connectivity index (χ0n) is 11.4. The van der Waals surface area contributed by atoms with Gasteiger partial charge in [-0.2, -0.15) is 0 Å². The fourth-order valence-corrected chi connectivity index (χ4v) is 4.29. The average molecular weight is 250 g/mol. The molecule has 3 rings (SSSR count). The fourth-order valence-electron chi connectivity index (χ4n) is 4.29. The quantitative estimate of drug-likeness (QED) is 0.672. The highest BCUT2D eigenvalue weighted by atomic mass is 16.6. The topological polar surface area (TPSA) is 46.5 Å². The summed E-state index contributed by atoms with van der Waals surface area (Å²) in [6.07, 6.45) is 3.10.